The maximum Gasteiger partial charge on any atom is 0.323 e. The third-order valence-corrected chi connectivity index (χ3v) is 6.82. The third kappa shape index (κ3) is 15.3. The first-order chi connectivity index (χ1) is 20.7. The minimum absolute atomic E-state index is 0.153. The zero-order valence-corrected chi connectivity index (χ0v) is 28.3. The van der Waals surface area contributed by atoms with Crippen molar-refractivity contribution in [3.8, 4) is 5.75 Å². The van der Waals surface area contributed by atoms with Gasteiger partial charge in [0.2, 0.25) is 0 Å². The van der Waals surface area contributed by atoms with E-state index in [-0.39, 0.29) is 37.6 Å². The minimum atomic E-state index is -0.571. The highest BCUT2D eigenvalue weighted by Crippen LogP contribution is 2.17. The smallest absolute Gasteiger partial charge is 0.323 e. The summed E-state index contributed by atoms with van der Waals surface area (Å²) in [7, 11) is 0. The average molecular weight is 621 g/mol. The predicted octanol–water partition coefficient (Wildman–Crippen LogP) is 2.75. The van der Waals surface area contributed by atoms with E-state index in [4.69, 9.17) is 18.9 Å². The molecule has 0 radical (unpaired) electrons. The van der Waals surface area contributed by atoms with E-state index in [2.05, 4.69) is 20.0 Å². The highest BCUT2D eigenvalue weighted by Gasteiger charge is 2.30. The molecular formula is C33H56N4O7. The Balaban J connectivity index is 2.32. The van der Waals surface area contributed by atoms with Crippen LogP contribution in [0.25, 0.3) is 0 Å². The van der Waals surface area contributed by atoms with E-state index in [0.29, 0.717) is 65.4 Å². The number of hydrogen-bond acceptors (Lipinski definition) is 11. The Kier molecular flexibility index (Phi) is 15.6. The van der Waals surface area contributed by atoms with Crippen molar-refractivity contribution in [3.63, 3.8) is 0 Å². The molecular weight excluding hydrogens is 564 g/mol. The standard InChI is InChI=1S/C33H56N4O7/c1-9-41-27-13-11-26(12-14-27)23-28(31(40)42-10-2)37-21-19-35(24-29(38)43-32(3,4)5)17-15-34-16-18-36(20-22-37)25-30(39)44-33(6,7)8/h11-14,28,34H,9-10,15-25H2,1-8H3. The van der Waals surface area contributed by atoms with Crippen LogP contribution in [0, 0.1) is 0 Å². The van der Waals surface area contributed by atoms with Gasteiger partial charge >= 0.3 is 17.9 Å². The molecule has 0 saturated carbocycles. The Morgan fingerprint density at radius 2 is 1.25 bits per heavy atom. The van der Waals surface area contributed by atoms with E-state index in [9.17, 15) is 14.4 Å². The summed E-state index contributed by atoms with van der Waals surface area (Å²) >= 11 is 0. The first kappa shape index (κ1) is 37.5. The molecule has 11 heteroatoms. The monoisotopic (exact) mass is 620 g/mol. The first-order valence-electron chi connectivity index (χ1n) is 15.9. The van der Waals surface area contributed by atoms with Crippen LogP contribution in [0.5, 0.6) is 5.75 Å². The lowest BCUT2D eigenvalue weighted by Crippen LogP contribution is -2.52. The zero-order chi connectivity index (χ0) is 32.8. The van der Waals surface area contributed by atoms with Crippen LogP contribution in [0.1, 0.15) is 61.0 Å². The fourth-order valence-electron chi connectivity index (χ4n) is 4.93. The normalized spacial score (nSPS) is 17.5. The number of rotatable bonds is 11. The molecule has 44 heavy (non-hydrogen) atoms. The van der Waals surface area contributed by atoms with Crippen molar-refractivity contribution in [3.05, 3.63) is 29.8 Å². The zero-order valence-electron chi connectivity index (χ0n) is 28.3. The molecule has 1 atom stereocenters. The lowest BCUT2D eigenvalue weighted by molar-refractivity contribution is -0.157. The molecule has 1 aromatic carbocycles. The van der Waals surface area contributed by atoms with Gasteiger partial charge in [-0.15, -0.1) is 0 Å². The van der Waals surface area contributed by atoms with Crippen molar-refractivity contribution in [2.24, 2.45) is 0 Å². The summed E-state index contributed by atoms with van der Waals surface area (Å²) in [5.74, 6) is -0.0843. The van der Waals surface area contributed by atoms with Gasteiger partial charge in [-0.1, -0.05) is 12.1 Å². The van der Waals surface area contributed by atoms with Crippen LogP contribution in [0.4, 0.5) is 0 Å². The van der Waals surface area contributed by atoms with Crippen LogP contribution in [0.15, 0.2) is 24.3 Å². The third-order valence-electron chi connectivity index (χ3n) is 6.82. The largest absolute Gasteiger partial charge is 0.494 e. The van der Waals surface area contributed by atoms with E-state index in [1.807, 2.05) is 72.7 Å². The Hall–Kier alpha value is -2.73. The molecule has 2 rings (SSSR count). The van der Waals surface area contributed by atoms with E-state index < -0.39 is 17.2 Å². The fourth-order valence-corrected chi connectivity index (χ4v) is 4.93. The summed E-state index contributed by atoms with van der Waals surface area (Å²) in [6, 6.07) is 7.22. The topological polar surface area (TPSA) is 110 Å². The number of esters is 3. The molecule has 1 heterocycles. The van der Waals surface area contributed by atoms with Crippen LogP contribution in [0.3, 0.4) is 0 Å². The van der Waals surface area contributed by atoms with Gasteiger partial charge in [-0.2, -0.15) is 0 Å². The fraction of sp³-hybridized carbons (Fsp3) is 0.727. The number of carbonyl (C=O) groups is 3. The van der Waals surface area contributed by atoms with Crippen molar-refractivity contribution < 1.29 is 33.3 Å². The number of nitrogens with one attached hydrogen (secondary N) is 1. The average Bonchev–Trinajstić information content (AvgIpc) is 2.89. The van der Waals surface area contributed by atoms with Gasteiger partial charge in [0.15, 0.2) is 0 Å². The second-order valence-electron chi connectivity index (χ2n) is 13.1. The number of hydrogen-bond donors (Lipinski definition) is 1. The second-order valence-corrected chi connectivity index (χ2v) is 13.1. The minimum Gasteiger partial charge on any atom is -0.494 e. The number of ether oxygens (including phenoxy) is 4. The number of nitrogens with zero attached hydrogens (tertiary/aromatic N) is 3. The van der Waals surface area contributed by atoms with Crippen molar-refractivity contribution >= 4 is 17.9 Å². The quantitative estimate of drug-likeness (QED) is 0.291. The van der Waals surface area contributed by atoms with E-state index >= 15 is 0 Å². The van der Waals surface area contributed by atoms with Crippen molar-refractivity contribution in [2.45, 2.75) is 79.1 Å². The molecule has 1 N–H and O–H groups in total. The van der Waals surface area contributed by atoms with E-state index in [1.54, 1.807) is 6.92 Å². The van der Waals surface area contributed by atoms with Gasteiger partial charge in [0.1, 0.15) is 23.0 Å². The Morgan fingerprint density at radius 1 is 0.750 bits per heavy atom. The molecule has 250 valence electrons. The SMILES string of the molecule is CCOC(=O)C(Cc1ccc(OCC)cc1)N1CCN(CC(=O)OC(C)(C)C)CCNCCN(CC(=O)OC(C)(C)C)CC1. The lowest BCUT2D eigenvalue weighted by atomic mass is 10.0. The molecule has 0 aliphatic carbocycles. The van der Waals surface area contributed by atoms with Gasteiger partial charge in [0.05, 0.1) is 26.3 Å². The number of benzene rings is 1. The summed E-state index contributed by atoms with van der Waals surface area (Å²) < 4.78 is 22.4. The van der Waals surface area contributed by atoms with E-state index in [1.165, 1.54) is 0 Å². The lowest BCUT2D eigenvalue weighted by Gasteiger charge is -2.35. The predicted molar refractivity (Wildman–Crippen MR) is 171 cm³/mol. The molecule has 0 aromatic heterocycles. The summed E-state index contributed by atoms with van der Waals surface area (Å²) in [5, 5.41) is 3.44. The highest BCUT2D eigenvalue weighted by atomic mass is 16.6. The van der Waals surface area contributed by atoms with Gasteiger partial charge in [-0.3, -0.25) is 29.1 Å². The molecule has 1 aliphatic heterocycles. The Labute approximate surface area is 264 Å². The summed E-state index contributed by atoms with van der Waals surface area (Å²) in [4.78, 5) is 45.2. The molecule has 1 aliphatic rings. The molecule has 1 fully saturated rings. The van der Waals surface area contributed by atoms with Crippen molar-refractivity contribution in [1.29, 1.82) is 0 Å². The summed E-state index contributed by atoms with van der Waals surface area (Å²) in [6.07, 6.45) is 0.449. The highest BCUT2D eigenvalue weighted by molar-refractivity contribution is 5.76. The van der Waals surface area contributed by atoms with Gasteiger partial charge < -0.3 is 24.3 Å². The molecule has 1 saturated heterocycles. The van der Waals surface area contributed by atoms with Crippen molar-refractivity contribution in [1.82, 2.24) is 20.0 Å². The van der Waals surface area contributed by atoms with Gasteiger partial charge in [-0.25, -0.2) is 0 Å². The molecule has 0 spiro atoms. The molecule has 0 bridgehead atoms. The summed E-state index contributed by atoms with van der Waals surface area (Å²) in [5.41, 5.74) is -0.158. The van der Waals surface area contributed by atoms with Crippen LogP contribution >= 0.6 is 0 Å². The Morgan fingerprint density at radius 3 is 1.68 bits per heavy atom. The van der Waals surface area contributed by atoms with Crippen LogP contribution in [-0.4, -0.2) is 129 Å². The number of carbonyl (C=O) groups excluding carboxylic acids is 3. The van der Waals surface area contributed by atoms with Crippen LogP contribution in [-0.2, 0) is 35.0 Å². The van der Waals surface area contributed by atoms with Gasteiger partial charge in [-0.05, 0) is 79.5 Å². The Bertz CT molecular complexity index is 976. The molecule has 1 aromatic rings. The first-order valence-corrected chi connectivity index (χ1v) is 15.9. The van der Waals surface area contributed by atoms with Gasteiger partial charge in [0, 0.05) is 52.4 Å². The van der Waals surface area contributed by atoms with Gasteiger partial charge in [0.25, 0.3) is 0 Å². The molecule has 1 unspecified atom stereocenters. The van der Waals surface area contributed by atoms with E-state index in [0.717, 1.165) is 11.3 Å². The van der Waals surface area contributed by atoms with Crippen LogP contribution in [0.2, 0.25) is 0 Å². The second kappa shape index (κ2) is 18.3. The summed E-state index contributed by atoms with van der Waals surface area (Å²) in [6.45, 7) is 20.8. The maximum absolute atomic E-state index is 13.4. The molecule has 11 nitrogen and oxygen atoms in total. The van der Waals surface area contributed by atoms with Crippen molar-refractivity contribution in [2.75, 3.05) is 78.7 Å². The molecule has 0 amide bonds. The maximum atomic E-state index is 13.4. The van der Waals surface area contributed by atoms with Crippen LogP contribution < -0.4 is 10.1 Å².